The fraction of sp³-hybridized carbons (Fsp3) is 0.139. The summed E-state index contributed by atoms with van der Waals surface area (Å²) in [7, 11) is -3.23. The highest BCUT2D eigenvalue weighted by molar-refractivity contribution is 7.90. The number of carbonyl (C=O) groups is 2. The Morgan fingerprint density at radius 3 is 2.24 bits per heavy atom. The van der Waals surface area contributed by atoms with Gasteiger partial charge in [0.15, 0.2) is 9.84 Å². The maximum absolute atomic E-state index is 12.9. The zero-order chi connectivity index (χ0) is 36.5. The van der Waals surface area contributed by atoms with Crippen molar-refractivity contribution in [2.45, 2.75) is 24.0 Å². The highest BCUT2D eigenvalue weighted by Crippen LogP contribution is 2.34. The van der Waals surface area contributed by atoms with Crippen LogP contribution in [0.1, 0.15) is 27.4 Å². The van der Waals surface area contributed by atoms with Crippen molar-refractivity contribution in [2.75, 3.05) is 12.9 Å². The van der Waals surface area contributed by atoms with E-state index in [1.54, 1.807) is 48.5 Å². The molecule has 1 aliphatic rings. The first-order valence-electron chi connectivity index (χ1n) is 15.1. The molecule has 15 heteroatoms. The van der Waals surface area contributed by atoms with Crippen molar-refractivity contribution in [1.82, 2.24) is 14.8 Å². The molecule has 0 saturated heterocycles. The van der Waals surface area contributed by atoms with Crippen LogP contribution in [-0.4, -0.2) is 53.1 Å². The van der Waals surface area contributed by atoms with E-state index in [0.29, 0.717) is 26.1 Å². The van der Waals surface area contributed by atoms with Gasteiger partial charge in [-0.25, -0.2) is 22.9 Å². The largest absolute Gasteiger partial charge is 0.481 e. The summed E-state index contributed by atoms with van der Waals surface area (Å²) in [6.45, 7) is 0.123. The van der Waals surface area contributed by atoms with Crippen LogP contribution in [0, 0.1) is 0 Å². The quantitative estimate of drug-likeness (QED) is 0.188. The summed E-state index contributed by atoms with van der Waals surface area (Å²) < 4.78 is 68.5. The molecule has 0 spiro atoms. The van der Waals surface area contributed by atoms with Crippen LogP contribution in [0.2, 0.25) is 0 Å². The Labute approximate surface area is 292 Å². The fourth-order valence-corrected chi connectivity index (χ4v) is 7.03. The van der Waals surface area contributed by atoms with Gasteiger partial charge in [-0.15, -0.1) is 11.3 Å². The van der Waals surface area contributed by atoms with Crippen molar-refractivity contribution in [3.05, 3.63) is 135 Å². The molecule has 0 unspecified atom stereocenters. The number of carboxylic acid groups (broad SMARTS) is 1. The second-order valence-corrected chi connectivity index (χ2v) is 14.5. The number of carboxylic acids is 1. The molecule has 0 radical (unpaired) electrons. The van der Waals surface area contributed by atoms with Gasteiger partial charge in [0.25, 0.3) is 5.56 Å². The summed E-state index contributed by atoms with van der Waals surface area (Å²) in [6.07, 6.45) is -3.67. The lowest BCUT2D eigenvalue weighted by Crippen LogP contribution is -2.26. The van der Waals surface area contributed by atoms with Crippen LogP contribution in [0.4, 0.5) is 13.2 Å². The minimum atomic E-state index is -4.47. The number of rotatable bonds is 7. The lowest BCUT2D eigenvalue weighted by molar-refractivity contribution is -0.138. The van der Waals surface area contributed by atoms with E-state index in [9.17, 15) is 36.0 Å². The van der Waals surface area contributed by atoms with Crippen LogP contribution in [-0.2, 0) is 43.3 Å². The number of alkyl halides is 3. The summed E-state index contributed by atoms with van der Waals surface area (Å²) in [4.78, 5) is 40.4. The Morgan fingerprint density at radius 1 is 0.922 bits per heavy atom. The topological polar surface area (TPSA) is 146 Å². The van der Waals surface area contributed by atoms with E-state index in [1.165, 1.54) is 12.3 Å². The first-order chi connectivity index (χ1) is 24.2. The molecular weight excluding hydrogens is 708 g/mol. The number of sulfone groups is 1. The van der Waals surface area contributed by atoms with E-state index in [2.05, 4.69) is 10.1 Å². The van der Waals surface area contributed by atoms with Gasteiger partial charge in [-0.3, -0.25) is 9.59 Å². The fourth-order valence-electron chi connectivity index (χ4n) is 5.47. The summed E-state index contributed by atoms with van der Waals surface area (Å²) in [5.74, 6) is -1.44. The molecule has 3 heterocycles. The molecule has 6 aromatic rings. The summed E-state index contributed by atoms with van der Waals surface area (Å²) in [5, 5.41) is 14.5. The highest BCUT2D eigenvalue weighted by Gasteiger charge is 2.31. The first kappa shape index (κ1) is 35.2. The predicted molar refractivity (Wildman–Crippen MR) is 185 cm³/mol. The Balaban J connectivity index is 0.000000183. The SMILES string of the molecule is CS(=O)(=O)c1ccc(C2=C(c3ccccc3)C(=O)OC2)cc1.O=C(O)Cc1nn(Cc2nc3cc(C(F)(F)F)ccc3s2)c(=O)c2ccccc12. The average Bonchev–Trinajstić information content (AvgIpc) is 3.69. The second kappa shape index (κ2) is 13.9. The number of esters is 1. The predicted octanol–water partition coefficient (Wildman–Crippen LogP) is 6.26. The molecule has 0 amide bonds. The molecule has 0 saturated carbocycles. The molecule has 1 aliphatic heterocycles. The second-order valence-electron chi connectivity index (χ2n) is 11.4. The summed E-state index contributed by atoms with van der Waals surface area (Å²) in [6, 6.07) is 25.6. The van der Waals surface area contributed by atoms with Gasteiger partial charge in [0.2, 0.25) is 0 Å². The maximum atomic E-state index is 12.9. The molecule has 1 N–H and O–H groups in total. The van der Waals surface area contributed by atoms with Crippen molar-refractivity contribution < 1.29 is 41.0 Å². The van der Waals surface area contributed by atoms with Gasteiger partial charge in [-0.05, 0) is 47.5 Å². The van der Waals surface area contributed by atoms with Crippen molar-refractivity contribution in [1.29, 1.82) is 0 Å². The van der Waals surface area contributed by atoms with E-state index >= 15 is 0 Å². The van der Waals surface area contributed by atoms with Gasteiger partial charge in [0, 0.05) is 17.2 Å². The number of fused-ring (bicyclic) bond motifs is 2. The Hall–Kier alpha value is -5.67. The molecule has 4 aromatic carbocycles. The van der Waals surface area contributed by atoms with Crippen LogP contribution in [0.15, 0.2) is 107 Å². The van der Waals surface area contributed by atoms with Crippen LogP contribution >= 0.6 is 11.3 Å². The van der Waals surface area contributed by atoms with Crippen molar-refractivity contribution in [2.24, 2.45) is 0 Å². The number of hydrogen-bond donors (Lipinski definition) is 1. The summed E-state index contributed by atoms with van der Waals surface area (Å²) in [5.41, 5.74) is 2.08. The van der Waals surface area contributed by atoms with Gasteiger partial charge in [-0.1, -0.05) is 60.7 Å². The number of halogens is 3. The van der Waals surface area contributed by atoms with E-state index < -0.39 is 33.1 Å². The monoisotopic (exact) mass is 733 g/mol. The molecule has 51 heavy (non-hydrogen) atoms. The van der Waals surface area contributed by atoms with E-state index in [0.717, 1.165) is 44.9 Å². The lowest BCUT2D eigenvalue weighted by atomic mass is 9.97. The zero-order valence-corrected chi connectivity index (χ0v) is 28.2. The third kappa shape index (κ3) is 7.74. The average molecular weight is 734 g/mol. The molecule has 0 aliphatic carbocycles. The molecule has 0 atom stereocenters. The molecule has 7 rings (SSSR count). The normalized spacial score (nSPS) is 13.3. The third-order valence-electron chi connectivity index (χ3n) is 7.85. The number of carbonyl (C=O) groups excluding carboxylic acids is 1. The van der Waals surface area contributed by atoms with Gasteiger partial charge >= 0.3 is 18.1 Å². The van der Waals surface area contributed by atoms with E-state index in [4.69, 9.17) is 9.84 Å². The third-order valence-corrected chi connectivity index (χ3v) is 10.0. The zero-order valence-electron chi connectivity index (χ0n) is 26.5. The van der Waals surface area contributed by atoms with Gasteiger partial charge in [0.1, 0.15) is 11.6 Å². The smallest absolute Gasteiger partial charge is 0.416 e. The lowest BCUT2D eigenvalue weighted by Gasteiger charge is -2.08. The number of hydrogen-bond acceptors (Lipinski definition) is 9. The molecular formula is C36H26F3N3O7S2. The number of nitrogens with zero attached hydrogens (tertiary/aromatic N) is 3. The number of aliphatic carboxylic acids is 1. The number of benzene rings is 4. The van der Waals surface area contributed by atoms with Crippen molar-refractivity contribution in [3.8, 4) is 0 Å². The number of ether oxygens (including phenoxy) is 1. The summed E-state index contributed by atoms with van der Waals surface area (Å²) >= 11 is 1.15. The molecule has 260 valence electrons. The first-order valence-corrected chi connectivity index (χ1v) is 17.8. The molecule has 10 nitrogen and oxygen atoms in total. The van der Waals surface area contributed by atoms with Crippen molar-refractivity contribution >= 4 is 65.2 Å². The number of cyclic esters (lactones) is 1. The Kier molecular flexibility index (Phi) is 9.60. The maximum Gasteiger partial charge on any atom is 0.416 e. The molecule has 2 aromatic heterocycles. The van der Waals surface area contributed by atoms with Crippen LogP contribution < -0.4 is 5.56 Å². The Bertz CT molecular complexity index is 2510. The van der Waals surface area contributed by atoms with Gasteiger partial charge in [0.05, 0.1) is 50.3 Å². The Morgan fingerprint density at radius 2 is 1.59 bits per heavy atom. The van der Waals surface area contributed by atoms with Crippen LogP contribution in [0.5, 0.6) is 0 Å². The van der Waals surface area contributed by atoms with Gasteiger partial charge in [-0.2, -0.15) is 18.3 Å². The van der Waals surface area contributed by atoms with Crippen molar-refractivity contribution in [3.63, 3.8) is 0 Å². The molecule has 0 fully saturated rings. The minimum Gasteiger partial charge on any atom is -0.481 e. The minimum absolute atomic E-state index is 0.0724. The van der Waals surface area contributed by atoms with E-state index in [-0.39, 0.29) is 41.6 Å². The number of thiazole rings is 1. The number of aromatic nitrogens is 3. The highest BCUT2D eigenvalue weighted by atomic mass is 32.2. The van der Waals surface area contributed by atoms with Crippen LogP contribution in [0.25, 0.3) is 32.1 Å². The van der Waals surface area contributed by atoms with E-state index in [1.807, 2.05) is 30.3 Å². The van der Waals surface area contributed by atoms with Crippen LogP contribution in [0.3, 0.4) is 0 Å². The van der Waals surface area contributed by atoms with Gasteiger partial charge < -0.3 is 9.84 Å². The standard InChI is InChI=1S/C19H12F3N3O3S.C17H14O4S/c20-19(21,22)10-5-6-15-14(7-10)23-16(29-15)9-25-18(28)12-4-2-1-3-11(12)13(24-25)8-17(26)27;1-22(19,20)14-9-7-12(8-10-14)15-11-21-17(18)16(15)13-5-3-2-4-6-13/h1-7H,8-9H2,(H,26,27);2-10H,11H2,1H3. The molecule has 0 bridgehead atoms.